The topological polar surface area (TPSA) is 60.2 Å². The Bertz CT molecular complexity index is 1340. The Kier molecular flexibility index (Phi) is 4.56. The van der Waals surface area contributed by atoms with Gasteiger partial charge in [0, 0.05) is 29.1 Å². The first-order valence-electron chi connectivity index (χ1n) is 9.82. The minimum absolute atomic E-state index is 0.674. The largest absolute Gasteiger partial charge is 0.496 e. The predicted octanol–water partition coefficient (Wildman–Crippen LogP) is 5.97. The summed E-state index contributed by atoms with van der Waals surface area (Å²) < 4.78 is 11.0. The molecule has 0 aliphatic heterocycles. The molecule has 0 atom stereocenters. The van der Waals surface area contributed by atoms with Crippen LogP contribution in [0.15, 0.2) is 77.7 Å². The lowest BCUT2D eigenvalue weighted by Gasteiger charge is -2.14. The quantitative estimate of drug-likeness (QED) is 0.371. The number of rotatable bonds is 5. The second-order valence-corrected chi connectivity index (χ2v) is 7.26. The molecular weight excluding hydrogens is 374 g/mol. The average molecular weight is 395 g/mol. The van der Waals surface area contributed by atoms with Crippen molar-refractivity contribution in [2.45, 2.75) is 13.5 Å². The standard InChI is InChI=1S/C25H21N3O2/c1-16-7-10-23-20(11-16)21(18-5-3-4-6-22(18)28-23)13-27-17-8-9-19(24(12-17)29-2)25-14-26-15-30-25/h3-12,14-15,27H,13H2,1-2H3. The Morgan fingerprint density at radius 3 is 2.67 bits per heavy atom. The maximum atomic E-state index is 5.58. The van der Waals surface area contributed by atoms with E-state index in [1.807, 2.05) is 24.3 Å². The Balaban J connectivity index is 1.54. The van der Waals surface area contributed by atoms with Crippen LogP contribution in [0.5, 0.6) is 5.75 Å². The van der Waals surface area contributed by atoms with Gasteiger partial charge in [0.05, 0.1) is 29.9 Å². The van der Waals surface area contributed by atoms with Crippen molar-refractivity contribution in [3.8, 4) is 17.1 Å². The minimum atomic E-state index is 0.674. The van der Waals surface area contributed by atoms with Crippen molar-refractivity contribution in [3.63, 3.8) is 0 Å². The summed E-state index contributed by atoms with van der Waals surface area (Å²) in [5, 5.41) is 5.89. The van der Waals surface area contributed by atoms with E-state index in [9.17, 15) is 0 Å². The summed E-state index contributed by atoms with van der Waals surface area (Å²) >= 11 is 0. The smallest absolute Gasteiger partial charge is 0.181 e. The molecule has 2 aromatic heterocycles. The molecule has 0 unspecified atom stereocenters. The van der Waals surface area contributed by atoms with Crippen LogP contribution in [0.25, 0.3) is 33.1 Å². The van der Waals surface area contributed by atoms with E-state index in [1.165, 1.54) is 22.9 Å². The molecule has 30 heavy (non-hydrogen) atoms. The number of nitrogens with one attached hydrogen (secondary N) is 1. The van der Waals surface area contributed by atoms with Gasteiger partial charge in [-0.15, -0.1) is 0 Å². The lowest BCUT2D eigenvalue weighted by atomic mass is 10.0. The summed E-state index contributed by atoms with van der Waals surface area (Å²) in [7, 11) is 1.66. The highest BCUT2D eigenvalue weighted by Gasteiger charge is 2.12. The summed E-state index contributed by atoms with van der Waals surface area (Å²) in [4.78, 5) is 8.83. The molecule has 0 saturated carbocycles. The van der Waals surface area contributed by atoms with Crippen LogP contribution >= 0.6 is 0 Å². The number of ether oxygens (including phenoxy) is 1. The van der Waals surface area contributed by atoms with E-state index >= 15 is 0 Å². The number of methoxy groups -OCH3 is 1. The number of hydrogen-bond acceptors (Lipinski definition) is 5. The van der Waals surface area contributed by atoms with Crippen molar-refractivity contribution < 1.29 is 9.15 Å². The number of fused-ring (bicyclic) bond motifs is 2. The number of hydrogen-bond donors (Lipinski definition) is 1. The fourth-order valence-corrected chi connectivity index (χ4v) is 3.82. The van der Waals surface area contributed by atoms with Gasteiger partial charge in [0.25, 0.3) is 0 Å². The van der Waals surface area contributed by atoms with E-state index in [-0.39, 0.29) is 0 Å². The van der Waals surface area contributed by atoms with Gasteiger partial charge in [0.1, 0.15) is 5.75 Å². The van der Waals surface area contributed by atoms with Crippen LogP contribution in [0.2, 0.25) is 0 Å². The molecule has 3 aromatic carbocycles. The Labute approximate surface area is 174 Å². The predicted molar refractivity (Wildman–Crippen MR) is 120 cm³/mol. The number of anilines is 1. The average Bonchev–Trinajstić information content (AvgIpc) is 3.31. The number of aromatic nitrogens is 2. The molecule has 0 radical (unpaired) electrons. The van der Waals surface area contributed by atoms with Crippen molar-refractivity contribution in [1.29, 1.82) is 0 Å². The van der Waals surface area contributed by atoms with E-state index in [4.69, 9.17) is 14.1 Å². The number of benzene rings is 3. The summed E-state index contributed by atoms with van der Waals surface area (Å²) in [6, 6.07) is 20.7. The summed E-state index contributed by atoms with van der Waals surface area (Å²) in [5.74, 6) is 1.41. The third-order valence-electron chi connectivity index (χ3n) is 5.32. The zero-order valence-electron chi connectivity index (χ0n) is 16.8. The lowest BCUT2D eigenvalue weighted by Crippen LogP contribution is -2.03. The third kappa shape index (κ3) is 3.24. The maximum Gasteiger partial charge on any atom is 0.181 e. The van der Waals surface area contributed by atoms with Crippen LogP contribution in [0.4, 0.5) is 5.69 Å². The summed E-state index contributed by atoms with van der Waals surface area (Å²) in [6.07, 6.45) is 3.10. The third-order valence-corrected chi connectivity index (χ3v) is 5.32. The molecule has 0 aliphatic carbocycles. The van der Waals surface area contributed by atoms with Gasteiger partial charge >= 0.3 is 0 Å². The molecule has 5 rings (SSSR count). The molecule has 0 saturated heterocycles. The van der Waals surface area contributed by atoms with Crippen LogP contribution in [-0.4, -0.2) is 17.1 Å². The number of aryl methyl sites for hydroxylation is 1. The molecule has 5 aromatic rings. The first kappa shape index (κ1) is 18.2. The highest BCUT2D eigenvalue weighted by atomic mass is 16.5. The highest BCUT2D eigenvalue weighted by Crippen LogP contribution is 2.33. The van der Waals surface area contributed by atoms with Crippen LogP contribution in [0.1, 0.15) is 11.1 Å². The van der Waals surface area contributed by atoms with Gasteiger partial charge < -0.3 is 14.5 Å². The van der Waals surface area contributed by atoms with E-state index in [2.05, 4.69) is 53.6 Å². The molecule has 0 fully saturated rings. The zero-order valence-corrected chi connectivity index (χ0v) is 16.8. The van der Waals surface area contributed by atoms with Gasteiger partial charge in [0.15, 0.2) is 12.2 Å². The van der Waals surface area contributed by atoms with Gasteiger partial charge in [-0.3, -0.25) is 0 Å². The first-order chi connectivity index (χ1) is 14.7. The van der Waals surface area contributed by atoms with E-state index < -0.39 is 0 Å². The molecule has 148 valence electrons. The Morgan fingerprint density at radius 2 is 1.83 bits per heavy atom. The van der Waals surface area contributed by atoms with Crippen LogP contribution < -0.4 is 10.1 Å². The van der Waals surface area contributed by atoms with Crippen LogP contribution in [0, 0.1) is 6.92 Å². The highest BCUT2D eigenvalue weighted by molar-refractivity contribution is 5.97. The lowest BCUT2D eigenvalue weighted by molar-refractivity contribution is 0.415. The SMILES string of the molecule is COc1cc(NCc2c3ccccc3nc3ccc(C)cc23)ccc1-c1cnco1. The van der Waals surface area contributed by atoms with E-state index in [0.29, 0.717) is 12.3 Å². The van der Waals surface area contributed by atoms with Crippen LogP contribution in [-0.2, 0) is 6.54 Å². The molecule has 1 N–H and O–H groups in total. The van der Waals surface area contributed by atoms with Gasteiger partial charge in [-0.25, -0.2) is 9.97 Å². The fourth-order valence-electron chi connectivity index (χ4n) is 3.82. The van der Waals surface area contributed by atoms with Crippen molar-refractivity contribution >= 4 is 27.5 Å². The summed E-state index contributed by atoms with van der Waals surface area (Å²) in [5.41, 5.74) is 6.31. The molecular formula is C25H21N3O2. The minimum Gasteiger partial charge on any atom is -0.496 e. The van der Waals surface area contributed by atoms with Crippen LogP contribution in [0.3, 0.4) is 0 Å². The van der Waals surface area contributed by atoms with Crippen molar-refractivity contribution in [2.75, 3.05) is 12.4 Å². The maximum absolute atomic E-state index is 5.58. The van der Waals surface area contributed by atoms with Gasteiger partial charge in [0.2, 0.25) is 0 Å². The van der Waals surface area contributed by atoms with Gasteiger partial charge in [-0.05, 0) is 42.8 Å². The van der Waals surface area contributed by atoms with E-state index in [1.54, 1.807) is 13.3 Å². The Hall–Kier alpha value is -3.86. The number of pyridine rings is 1. The van der Waals surface area contributed by atoms with E-state index in [0.717, 1.165) is 33.4 Å². The monoisotopic (exact) mass is 395 g/mol. The molecule has 0 bridgehead atoms. The first-order valence-corrected chi connectivity index (χ1v) is 9.82. The number of para-hydroxylation sites is 1. The van der Waals surface area contributed by atoms with Crippen molar-refractivity contribution in [2.24, 2.45) is 0 Å². The number of oxazole rings is 1. The van der Waals surface area contributed by atoms with Gasteiger partial charge in [-0.1, -0.05) is 29.8 Å². The zero-order chi connectivity index (χ0) is 20.5. The molecule has 0 amide bonds. The molecule has 5 nitrogen and oxygen atoms in total. The van der Waals surface area contributed by atoms with Gasteiger partial charge in [-0.2, -0.15) is 0 Å². The second-order valence-electron chi connectivity index (χ2n) is 7.26. The fraction of sp³-hybridized carbons (Fsp3) is 0.120. The second kappa shape index (κ2) is 7.52. The molecule has 0 spiro atoms. The molecule has 5 heteroatoms. The number of nitrogens with zero attached hydrogens (tertiary/aromatic N) is 2. The molecule has 2 heterocycles. The Morgan fingerprint density at radius 1 is 0.967 bits per heavy atom. The van der Waals surface area contributed by atoms with Crippen molar-refractivity contribution in [3.05, 3.63) is 84.4 Å². The summed E-state index contributed by atoms with van der Waals surface area (Å²) in [6.45, 7) is 2.78. The normalized spacial score (nSPS) is 11.1. The molecule has 0 aliphatic rings. The van der Waals surface area contributed by atoms with Crippen molar-refractivity contribution in [1.82, 2.24) is 9.97 Å².